The number of carbonyl (C=O) groups is 1. The highest BCUT2D eigenvalue weighted by Gasteiger charge is 2.26. The van der Waals surface area contributed by atoms with E-state index in [4.69, 9.17) is 5.73 Å². The molecule has 1 heterocycles. The van der Waals surface area contributed by atoms with Crippen molar-refractivity contribution in [3.8, 4) is 0 Å². The number of nitrogens with zero attached hydrogens (tertiary/aromatic N) is 1. The van der Waals surface area contributed by atoms with Crippen LogP contribution in [0.5, 0.6) is 0 Å². The quantitative estimate of drug-likeness (QED) is 0.860. The molecule has 0 aromatic heterocycles. The first-order chi connectivity index (χ1) is 9.87. The number of nitrogen functional groups attached to an aromatic ring is 1. The molecule has 21 heavy (non-hydrogen) atoms. The minimum absolute atomic E-state index is 0.245. The van der Waals surface area contributed by atoms with Crippen LogP contribution in [0, 0.1) is 5.41 Å². The Hall–Kier alpha value is -1.51. The van der Waals surface area contributed by atoms with Gasteiger partial charge in [-0.1, -0.05) is 32.9 Å². The maximum atomic E-state index is 12.5. The monoisotopic (exact) mass is 288 g/mol. The number of hydrogen-bond acceptors (Lipinski definition) is 2. The largest absolute Gasteiger partial charge is 0.399 e. The van der Waals surface area contributed by atoms with Crippen LogP contribution in [-0.2, 0) is 4.79 Å². The fraction of sp³-hybridized carbons (Fsp3) is 0.611. The molecule has 1 amide bonds. The van der Waals surface area contributed by atoms with Gasteiger partial charge in [-0.05, 0) is 48.3 Å². The van der Waals surface area contributed by atoms with Crippen LogP contribution in [-0.4, -0.2) is 23.9 Å². The second-order valence-electron chi connectivity index (χ2n) is 7.17. The molecule has 1 fully saturated rings. The average Bonchev–Trinajstić information content (AvgIpc) is 2.60. The molecule has 1 unspecified atom stereocenters. The second-order valence-corrected chi connectivity index (χ2v) is 7.17. The van der Waals surface area contributed by atoms with Gasteiger partial charge in [-0.2, -0.15) is 0 Å². The number of nitrogens with two attached hydrogens (primary N) is 1. The van der Waals surface area contributed by atoms with E-state index in [0.29, 0.717) is 11.8 Å². The van der Waals surface area contributed by atoms with E-state index < -0.39 is 0 Å². The molecule has 1 saturated heterocycles. The third-order valence-electron chi connectivity index (χ3n) is 4.68. The highest BCUT2D eigenvalue weighted by molar-refractivity contribution is 5.77. The molecular weight excluding hydrogens is 260 g/mol. The van der Waals surface area contributed by atoms with Crippen LogP contribution in [0.25, 0.3) is 0 Å². The van der Waals surface area contributed by atoms with E-state index in [2.05, 4.69) is 25.7 Å². The molecule has 0 spiro atoms. The van der Waals surface area contributed by atoms with E-state index in [1.54, 1.807) is 0 Å². The van der Waals surface area contributed by atoms with Gasteiger partial charge in [-0.3, -0.25) is 4.79 Å². The number of benzene rings is 1. The molecule has 1 aromatic carbocycles. The van der Waals surface area contributed by atoms with Gasteiger partial charge < -0.3 is 10.6 Å². The molecule has 0 bridgehead atoms. The summed E-state index contributed by atoms with van der Waals surface area (Å²) in [7, 11) is 0. The van der Waals surface area contributed by atoms with E-state index in [-0.39, 0.29) is 11.8 Å². The van der Waals surface area contributed by atoms with E-state index in [1.165, 1.54) is 12.0 Å². The Bertz CT molecular complexity index is 478. The van der Waals surface area contributed by atoms with Gasteiger partial charge in [0.1, 0.15) is 0 Å². The number of rotatable bonds is 3. The Morgan fingerprint density at radius 3 is 2.57 bits per heavy atom. The maximum absolute atomic E-state index is 12.5. The zero-order valence-electron chi connectivity index (χ0n) is 13.6. The minimum atomic E-state index is 0.245. The summed E-state index contributed by atoms with van der Waals surface area (Å²) >= 11 is 0. The zero-order chi connectivity index (χ0) is 15.5. The molecule has 0 saturated carbocycles. The average molecular weight is 288 g/mol. The van der Waals surface area contributed by atoms with Crippen molar-refractivity contribution >= 4 is 11.6 Å². The Morgan fingerprint density at radius 2 is 1.90 bits per heavy atom. The van der Waals surface area contributed by atoms with E-state index >= 15 is 0 Å². The van der Waals surface area contributed by atoms with Crippen molar-refractivity contribution < 1.29 is 4.79 Å². The summed E-state index contributed by atoms with van der Waals surface area (Å²) in [5.74, 6) is 0.534. The SMILES string of the molecule is CC(CC(=O)N1CCCC(C)(C)CC1)c1ccc(N)cc1. The predicted octanol–water partition coefficient (Wildman–Crippen LogP) is 3.80. The summed E-state index contributed by atoms with van der Waals surface area (Å²) in [5.41, 5.74) is 8.04. The van der Waals surface area contributed by atoms with Gasteiger partial charge in [0.2, 0.25) is 5.91 Å². The first-order valence-electron chi connectivity index (χ1n) is 8.01. The van der Waals surface area contributed by atoms with Crippen molar-refractivity contribution in [3.63, 3.8) is 0 Å². The first kappa shape index (κ1) is 15.9. The standard InChI is InChI=1S/C18H28N2O/c1-14(15-5-7-16(19)8-6-15)13-17(21)20-11-4-9-18(2,3)10-12-20/h5-8,14H,4,9-13,19H2,1-3H3. The van der Waals surface area contributed by atoms with Crippen LogP contribution >= 0.6 is 0 Å². The lowest BCUT2D eigenvalue weighted by molar-refractivity contribution is -0.131. The van der Waals surface area contributed by atoms with Gasteiger partial charge in [-0.25, -0.2) is 0 Å². The summed E-state index contributed by atoms with van der Waals surface area (Å²) < 4.78 is 0. The number of amides is 1. The first-order valence-corrected chi connectivity index (χ1v) is 8.01. The van der Waals surface area contributed by atoms with Gasteiger partial charge in [0, 0.05) is 25.2 Å². The highest BCUT2D eigenvalue weighted by Crippen LogP contribution is 2.30. The summed E-state index contributed by atoms with van der Waals surface area (Å²) in [5, 5.41) is 0. The molecule has 2 rings (SSSR count). The van der Waals surface area contributed by atoms with Crippen molar-refractivity contribution in [2.24, 2.45) is 5.41 Å². The summed E-state index contributed by atoms with van der Waals surface area (Å²) in [4.78, 5) is 14.6. The maximum Gasteiger partial charge on any atom is 0.223 e. The van der Waals surface area contributed by atoms with Crippen LogP contribution in [0.15, 0.2) is 24.3 Å². The lowest BCUT2D eigenvalue weighted by Crippen LogP contribution is -2.33. The third-order valence-corrected chi connectivity index (χ3v) is 4.68. The van der Waals surface area contributed by atoms with Gasteiger partial charge in [0.25, 0.3) is 0 Å². The van der Waals surface area contributed by atoms with Crippen molar-refractivity contribution in [2.75, 3.05) is 18.8 Å². The molecule has 1 aromatic rings. The minimum Gasteiger partial charge on any atom is -0.399 e. The predicted molar refractivity (Wildman–Crippen MR) is 88.1 cm³/mol. The van der Waals surface area contributed by atoms with Crippen molar-refractivity contribution in [1.82, 2.24) is 4.90 Å². The van der Waals surface area contributed by atoms with Crippen LogP contribution in [0.1, 0.15) is 57.9 Å². The summed E-state index contributed by atoms with van der Waals surface area (Å²) in [6.45, 7) is 8.54. The fourth-order valence-electron chi connectivity index (χ4n) is 3.01. The molecule has 116 valence electrons. The van der Waals surface area contributed by atoms with E-state index in [0.717, 1.165) is 31.6 Å². The van der Waals surface area contributed by atoms with Crippen LogP contribution < -0.4 is 5.73 Å². The number of likely N-dealkylation sites (tertiary alicyclic amines) is 1. The molecule has 2 N–H and O–H groups in total. The third kappa shape index (κ3) is 4.48. The molecule has 0 radical (unpaired) electrons. The number of anilines is 1. The number of carbonyl (C=O) groups excluding carboxylic acids is 1. The summed E-state index contributed by atoms with van der Waals surface area (Å²) in [6.07, 6.45) is 4.03. The normalized spacial score (nSPS) is 19.9. The van der Waals surface area contributed by atoms with Gasteiger partial charge >= 0.3 is 0 Å². The zero-order valence-corrected chi connectivity index (χ0v) is 13.6. The Morgan fingerprint density at radius 1 is 1.24 bits per heavy atom. The van der Waals surface area contributed by atoms with Crippen LogP contribution in [0.4, 0.5) is 5.69 Å². The van der Waals surface area contributed by atoms with Crippen molar-refractivity contribution in [2.45, 2.75) is 52.4 Å². The van der Waals surface area contributed by atoms with Crippen LogP contribution in [0.3, 0.4) is 0 Å². The number of hydrogen-bond donors (Lipinski definition) is 1. The highest BCUT2D eigenvalue weighted by atomic mass is 16.2. The van der Waals surface area contributed by atoms with Gasteiger partial charge in [-0.15, -0.1) is 0 Å². The lowest BCUT2D eigenvalue weighted by atomic mass is 9.85. The smallest absolute Gasteiger partial charge is 0.223 e. The van der Waals surface area contributed by atoms with Gasteiger partial charge in [0.05, 0.1) is 0 Å². The molecule has 1 aliphatic heterocycles. The van der Waals surface area contributed by atoms with E-state index in [9.17, 15) is 4.79 Å². The molecule has 1 atom stereocenters. The fourth-order valence-corrected chi connectivity index (χ4v) is 3.01. The van der Waals surface area contributed by atoms with E-state index in [1.807, 2.05) is 24.3 Å². The lowest BCUT2D eigenvalue weighted by Gasteiger charge is -2.24. The molecule has 1 aliphatic rings. The molecule has 3 nitrogen and oxygen atoms in total. The van der Waals surface area contributed by atoms with Gasteiger partial charge in [0.15, 0.2) is 0 Å². The van der Waals surface area contributed by atoms with Crippen molar-refractivity contribution in [3.05, 3.63) is 29.8 Å². The topological polar surface area (TPSA) is 46.3 Å². The molecule has 3 heteroatoms. The molecular formula is C18H28N2O. The Kier molecular flexibility index (Phi) is 4.92. The van der Waals surface area contributed by atoms with Crippen molar-refractivity contribution in [1.29, 1.82) is 0 Å². The molecule has 0 aliphatic carbocycles. The second kappa shape index (κ2) is 6.50. The Labute approximate surface area is 128 Å². The summed E-state index contributed by atoms with van der Waals surface area (Å²) in [6, 6.07) is 7.87. The Balaban J connectivity index is 1.93. The van der Waals surface area contributed by atoms with Crippen LogP contribution in [0.2, 0.25) is 0 Å².